The van der Waals surface area contributed by atoms with Crippen molar-refractivity contribution < 1.29 is 9.63 Å². The van der Waals surface area contributed by atoms with Crippen molar-refractivity contribution in [3.05, 3.63) is 35.4 Å². The van der Waals surface area contributed by atoms with Crippen molar-refractivity contribution >= 4 is 5.91 Å². The number of hydrogen-bond donors (Lipinski definition) is 1. The average molecular weight is 249 g/mol. The van der Waals surface area contributed by atoms with E-state index < -0.39 is 0 Å². The summed E-state index contributed by atoms with van der Waals surface area (Å²) < 4.78 is 0. The molecule has 1 rings (SSSR count). The Morgan fingerprint density at radius 1 is 1.28 bits per heavy atom. The first-order chi connectivity index (χ1) is 8.72. The molecule has 1 amide bonds. The fourth-order valence-electron chi connectivity index (χ4n) is 1.77. The Morgan fingerprint density at radius 2 is 2.11 bits per heavy atom. The molecule has 1 aromatic rings. The van der Waals surface area contributed by atoms with E-state index in [1.165, 1.54) is 18.4 Å². The third kappa shape index (κ3) is 6.40. The van der Waals surface area contributed by atoms with E-state index in [0.29, 0.717) is 13.0 Å². The average Bonchev–Trinajstić information content (AvgIpc) is 2.35. The van der Waals surface area contributed by atoms with Crippen LogP contribution in [0, 0.1) is 6.92 Å². The highest BCUT2D eigenvalue weighted by molar-refractivity contribution is 5.74. The predicted molar refractivity (Wildman–Crippen MR) is 72.9 cm³/mol. The van der Waals surface area contributed by atoms with E-state index in [4.69, 9.17) is 4.84 Å². The van der Waals surface area contributed by atoms with E-state index in [1.54, 1.807) is 0 Å². The van der Waals surface area contributed by atoms with Gasteiger partial charge in [0.1, 0.15) is 0 Å². The highest BCUT2D eigenvalue weighted by Crippen LogP contribution is 2.05. The first kappa shape index (κ1) is 14.7. The maximum absolute atomic E-state index is 11.4. The highest BCUT2D eigenvalue weighted by Gasteiger charge is 2.01. The fraction of sp³-hybridized carbons (Fsp3) is 0.533. The van der Waals surface area contributed by atoms with E-state index in [-0.39, 0.29) is 5.91 Å². The number of rotatable bonds is 8. The van der Waals surface area contributed by atoms with Gasteiger partial charge < -0.3 is 0 Å². The molecule has 0 aliphatic heterocycles. The summed E-state index contributed by atoms with van der Waals surface area (Å²) in [6, 6.07) is 8.06. The lowest BCUT2D eigenvalue weighted by Crippen LogP contribution is -2.23. The monoisotopic (exact) mass is 249 g/mol. The van der Waals surface area contributed by atoms with Crippen molar-refractivity contribution in [3.8, 4) is 0 Å². The molecule has 0 bridgehead atoms. The minimum atomic E-state index is -0.0289. The number of carbonyl (C=O) groups is 1. The molecular formula is C15H23NO2. The van der Waals surface area contributed by atoms with Crippen LogP contribution in [0.4, 0.5) is 0 Å². The normalized spacial score (nSPS) is 10.3. The first-order valence-electron chi connectivity index (χ1n) is 6.68. The smallest absolute Gasteiger partial charge is 0.243 e. The molecule has 1 aromatic carbocycles. The molecule has 0 saturated heterocycles. The second-order valence-electron chi connectivity index (χ2n) is 4.61. The molecule has 0 heterocycles. The zero-order valence-electron chi connectivity index (χ0n) is 11.4. The van der Waals surface area contributed by atoms with E-state index in [9.17, 15) is 4.79 Å². The van der Waals surface area contributed by atoms with Crippen LogP contribution in [0.15, 0.2) is 24.3 Å². The summed E-state index contributed by atoms with van der Waals surface area (Å²) in [6.45, 7) is 4.61. The van der Waals surface area contributed by atoms with Gasteiger partial charge in [-0.25, -0.2) is 5.48 Å². The van der Waals surface area contributed by atoms with E-state index in [1.807, 2.05) is 31.2 Å². The number of hydrogen-bond acceptors (Lipinski definition) is 2. The van der Waals surface area contributed by atoms with Crippen molar-refractivity contribution in [2.45, 2.75) is 52.6 Å². The van der Waals surface area contributed by atoms with Gasteiger partial charge in [-0.15, -0.1) is 0 Å². The molecule has 0 aromatic heterocycles. The maximum atomic E-state index is 11.4. The third-order valence-electron chi connectivity index (χ3n) is 2.76. The van der Waals surface area contributed by atoms with Gasteiger partial charge in [-0.2, -0.15) is 0 Å². The molecular weight excluding hydrogens is 226 g/mol. The summed E-state index contributed by atoms with van der Waals surface area (Å²) in [5, 5.41) is 0. The van der Waals surface area contributed by atoms with Gasteiger partial charge in [0.05, 0.1) is 6.61 Å². The van der Waals surface area contributed by atoms with Crippen LogP contribution in [0.2, 0.25) is 0 Å². The van der Waals surface area contributed by atoms with E-state index in [0.717, 1.165) is 18.4 Å². The van der Waals surface area contributed by atoms with Crippen molar-refractivity contribution in [3.63, 3.8) is 0 Å². The van der Waals surface area contributed by atoms with Gasteiger partial charge in [-0.1, -0.05) is 56.0 Å². The van der Waals surface area contributed by atoms with Crippen LogP contribution in [0.5, 0.6) is 0 Å². The summed E-state index contributed by atoms with van der Waals surface area (Å²) in [6.07, 6.45) is 4.98. The van der Waals surface area contributed by atoms with Gasteiger partial charge in [0, 0.05) is 6.42 Å². The predicted octanol–water partition coefficient (Wildman–Crippen LogP) is 3.51. The second kappa shape index (κ2) is 8.70. The molecule has 0 aliphatic carbocycles. The maximum Gasteiger partial charge on any atom is 0.243 e. The second-order valence-corrected chi connectivity index (χ2v) is 4.61. The van der Waals surface area contributed by atoms with Crippen LogP contribution >= 0.6 is 0 Å². The lowest BCUT2D eigenvalue weighted by atomic mass is 10.1. The molecule has 0 aliphatic rings. The number of hydroxylamine groups is 1. The third-order valence-corrected chi connectivity index (χ3v) is 2.76. The number of unbranched alkanes of at least 4 members (excludes halogenated alkanes) is 3. The van der Waals surface area contributed by atoms with Crippen molar-refractivity contribution in [2.24, 2.45) is 0 Å². The first-order valence-corrected chi connectivity index (χ1v) is 6.68. The summed E-state index contributed by atoms with van der Waals surface area (Å²) in [5.41, 5.74) is 4.76. The zero-order chi connectivity index (χ0) is 13.2. The van der Waals surface area contributed by atoms with Crippen molar-refractivity contribution in [1.29, 1.82) is 0 Å². The molecule has 1 N–H and O–H groups in total. The lowest BCUT2D eigenvalue weighted by Gasteiger charge is -2.06. The summed E-state index contributed by atoms with van der Waals surface area (Å²) >= 11 is 0. The van der Waals surface area contributed by atoms with Gasteiger partial charge >= 0.3 is 0 Å². The minimum Gasteiger partial charge on any atom is -0.273 e. The molecule has 0 fully saturated rings. The molecule has 0 saturated carbocycles. The summed E-state index contributed by atoms with van der Waals surface area (Å²) in [5.74, 6) is -0.0289. The number of amides is 1. The molecule has 3 nitrogen and oxygen atoms in total. The van der Waals surface area contributed by atoms with Gasteiger partial charge in [0.25, 0.3) is 0 Å². The molecule has 0 unspecified atom stereocenters. The Bertz CT molecular complexity index is 363. The number of carbonyl (C=O) groups excluding carboxylic acids is 1. The van der Waals surface area contributed by atoms with Crippen LogP contribution in [-0.2, 0) is 16.2 Å². The van der Waals surface area contributed by atoms with Gasteiger partial charge in [-0.3, -0.25) is 9.63 Å². The van der Waals surface area contributed by atoms with Crippen molar-refractivity contribution in [1.82, 2.24) is 5.48 Å². The zero-order valence-corrected chi connectivity index (χ0v) is 11.4. The van der Waals surface area contributed by atoms with Crippen LogP contribution in [0.25, 0.3) is 0 Å². The Hall–Kier alpha value is -1.35. The molecule has 18 heavy (non-hydrogen) atoms. The van der Waals surface area contributed by atoms with Crippen LogP contribution < -0.4 is 5.48 Å². The molecule has 0 spiro atoms. The summed E-state index contributed by atoms with van der Waals surface area (Å²) in [7, 11) is 0. The minimum absolute atomic E-state index is 0.0289. The Labute approximate surface area is 109 Å². The standard InChI is InChI=1S/C15H23NO2/c1-3-4-5-6-10-15(17)16-18-12-14-9-7-8-13(2)11-14/h7-9,11H,3-6,10,12H2,1-2H3,(H,16,17). The van der Waals surface area contributed by atoms with Crippen molar-refractivity contribution in [2.75, 3.05) is 0 Å². The molecule has 3 heteroatoms. The Kier molecular flexibility index (Phi) is 7.11. The fourth-order valence-corrected chi connectivity index (χ4v) is 1.77. The topological polar surface area (TPSA) is 38.3 Å². The van der Waals surface area contributed by atoms with Crippen LogP contribution in [-0.4, -0.2) is 5.91 Å². The van der Waals surface area contributed by atoms with E-state index >= 15 is 0 Å². The largest absolute Gasteiger partial charge is 0.273 e. The van der Waals surface area contributed by atoms with Gasteiger partial charge in [0.15, 0.2) is 0 Å². The van der Waals surface area contributed by atoms with Gasteiger partial charge in [-0.05, 0) is 18.9 Å². The molecule has 0 atom stereocenters. The van der Waals surface area contributed by atoms with Crippen LogP contribution in [0.3, 0.4) is 0 Å². The van der Waals surface area contributed by atoms with Gasteiger partial charge in [0.2, 0.25) is 5.91 Å². The highest BCUT2D eigenvalue weighted by atomic mass is 16.6. The SMILES string of the molecule is CCCCCCC(=O)NOCc1cccc(C)c1. The molecule has 0 radical (unpaired) electrons. The number of aryl methyl sites for hydroxylation is 1. The van der Waals surface area contributed by atoms with Crippen LogP contribution in [0.1, 0.15) is 50.2 Å². The molecule has 100 valence electrons. The number of nitrogens with one attached hydrogen (secondary N) is 1. The Morgan fingerprint density at radius 3 is 2.83 bits per heavy atom. The summed E-state index contributed by atoms with van der Waals surface area (Å²) in [4.78, 5) is 16.6. The quantitative estimate of drug-likeness (QED) is 0.565. The van der Waals surface area contributed by atoms with E-state index in [2.05, 4.69) is 12.4 Å². The Balaban J connectivity index is 2.12. The number of benzene rings is 1. The lowest BCUT2D eigenvalue weighted by molar-refractivity contribution is -0.134.